The molecule has 0 bridgehead atoms. The lowest BCUT2D eigenvalue weighted by atomic mass is 10.1. The number of hydrogen-bond donors (Lipinski definition) is 1. The zero-order valence-electron chi connectivity index (χ0n) is 13.7. The summed E-state index contributed by atoms with van der Waals surface area (Å²) in [6.45, 7) is 4.00. The summed E-state index contributed by atoms with van der Waals surface area (Å²) in [5.41, 5.74) is 8.28. The maximum Gasteiger partial charge on any atom is 0.190 e. The monoisotopic (exact) mass is 334 g/mol. The molecule has 0 atom stereocenters. The van der Waals surface area contributed by atoms with E-state index < -0.39 is 0 Å². The van der Waals surface area contributed by atoms with Gasteiger partial charge in [-0.15, -0.1) is 0 Å². The van der Waals surface area contributed by atoms with Crippen molar-refractivity contribution < 1.29 is 0 Å². The zero-order valence-corrected chi connectivity index (χ0v) is 14.5. The topological polar surface area (TPSA) is 75.6 Å². The number of nitrogen functional groups attached to an aromatic ring is 1. The minimum absolute atomic E-state index is 0.127. The van der Waals surface area contributed by atoms with E-state index in [0.29, 0.717) is 16.4 Å². The SMILES string of the molecule is CC(C)c1nc(SCc2cccc3ccccc23)nc(N)c1C#N. The Kier molecular flexibility index (Phi) is 4.68. The van der Waals surface area contributed by atoms with Crippen LogP contribution >= 0.6 is 11.8 Å². The Bertz CT molecular complexity index is 923. The Morgan fingerprint density at radius 1 is 1.12 bits per heavy atom. The van der Waals surface area contributed by atoms with Gasteiger partial charge in [0.25, 0.3) is 0 Å². The van der Waals surface area contributed by atoms with Crippen molar-refractivity contribution in [2.24, 2.45) is 0 Å². The minimum Gasteiger partial charge on any atom is -0.382 e. The second-order valence-electron chi connectivity index (χ2n) is 5.85. The fourth-order valence-electron chi connectivity index (χ4n) is 2.63. The molecular weight excluding hydrogens is 316 g/mol. The van der Waals surface area contributed by atoms with E-state index >= 15 is 0 Å². The number of nitriles is 1. The third-order valence-corrected chi connectivity index (χ3v) is 4.74. The number of fused-ring (bicyclic) bond motifs is 1. The molecule has 0 fully saturated rings. The third-order valence-electron chi connectivity index (χ3n) is 3.84. The predicted octanol–water partition coefficient (Wildman–Crippen LogP) is 4.50. The molecule has 0 aliphatic carbocycles. The van der Waals surface area contributed by atoms with E-state index in [9.17, 15) is 5.26 Å². The molecule has 4 nitrogen and oxygen atoms in total. The molecule has 0 unspecified atom stereocenters. The summed E-state index contributed by atoms with van der Waals surface area (Å²) in [5, 5.41) is 12.3. The average molecular weight is 334 g/mol. The maximum atomic E-state index is 9.25. The molecule has 5 heteroatoms. The fourth-order valence-corrected chi connectivity index (χ4v) is 3.49. The van der Waals surface area contributed by atoms with Crippen molar-refractivity contribution in [2.75, 3.05) is 5.73 Å². The lowest BCUT2D eigenvalue weighted by molar-refractivity contribution is 0.776. The van der Waals surface area contributed by atoms with Gasteiger partial charge in [-0.3, -0.25) is 0 Å². The van der Waals surface area contributed by atoms with Gasteiger partial charge in [0.05, 0.1) is 5.69 Å². The highest BCUT2D eigenvalue weighted by Gasteiger charge is 2.15. The molecule has 24 heavy (non-hydrogen) atoms. The molecular formula is C19H18N4S. The number of thioether (sulfide) groups is 1. The van der Waals surface area contributed by atoms with E-state index in [-0.39, 0.29) is 11.7 Å². The van der Waals surface area contributed by atoms with Gasteiger partial charge in [-0.2, -0.15) is 5.26 Å². The largest absolute Gasteiger partial charge is 0.382 e. The average Bonchev–Trinajstić information content (AvgIpc) is 2.59. The molecule has 120 valence electrons. The van der Waals surface area contributed by atoms with Crippen LogP contribution in [0.5, 0.6) is 0 Å². The van der Waals surface area contributed by atoms with Gasteiger partial charge in [0.1, 0.15) is 17.5 Å². The molecule has 0 aliphatic rings. The van der Waals surface area contributed by atoms with Crippen LogP contribution in [0.25, 0.3) is 10.8 Å². The molecule has 0 saturated heterocycles. The Balaban J connectivity index is 1.91. The summed E-state index contributed by atoms with van der Waals surface area (Å²) in [6.07, 6.45) is 0. The van der Waals surface area contributed by atoms with Crippen molar-refractivity contribution >= 4 is 28.4 Å². The van der Waals surface area contributed by atoms with E-state index in [1.807, 2.05) is 26.0 Å². The first-order valence-corrected chi connectivity index (χ1v) is 8.75. The molecule has 3 rings (SSSR count). The van der Waals surface area contributed by atoms with Crippen LogP contribution in [0, 0.1) is 11.3 Å². The van der Waals surface area contributed by atoms with Gasteiger partial charge >= 0.3 is 0 Å². The van der Waals surface area contributed by atoms with Crippen LogP contribution < -0.4 is 5.73 Å². The normalized spacial score (nSPS) is 10.9. The number of hydrogen-bond acceptors (Lipinski definition) is 5. The first-order chi connectivity index (χ1) is 11.6. The lowest BCUT2D eigenvalue weighted by Gasteiger charge is -2.11. The molecule has 0 amide bonds. The Morgan fingerprint density at radius 2 is 1.88 bits per heavy atom. The molecule has 3 aromatic rings. The van der Waals surface area contributed by atoms with Gasteiger partial charge in [-0.1, -0.05) is 68.1 Å². The van der Waals surface area contributed by atoms with Gasteiger partial charge in [0, 0.05) is 5.75 Å². The highest BCUT2D eigenvalue weighted by molar-refractivity contribution is 7.98. The second-order valence-corrected chi connectivity index (χ2v) is 6.79. The van der Waals surface area contributed by atoms with Crippen molar-refractivity contribution in [3.63, 3.8) is 0 Å². The third kappa shape index (κ3) is 3.19. The smallest absolute Gasteiger partial charge is 0.190 e. The molecule has 2 aromatic carbocycles. The highest BCUT2D eigenvalue weighted by Crippen LogP contribution is 2.28. The number of rotatable bonds is 4. The number of nitrogens with two attached hydrogens (primary N) is 1. The van der Waals surface area contributed by atoms with Crippen molar-refractivity contribution in [3.8, 4) is 6.07 Å². The Labute approximate surface area is 145 Å². The van der Waals surface area contributed by atoms with Crippen LogP contribution in [0.15, 0.2) is 47.6 Å². The summed E-state index contributed by atoms with van der Waals surface area (Å²) in [5.74, 6) is 1.14. The van der Waals surface area contributed by atoms with Gasteiger partial charge in [0.2, 0.25) is 0 Å². The van der Waals surface area contributed by atoms with Gasteiger partial charge < -0.3 is 5.73 Å². The van der Waals surface area contributed by atoms with Crippen LogP contribution in [0.2, 0.25) is 0 Å². The van der Waals surface area contributed by atoms with Crippen molar-refractivity contribution in [1.29, 1.82) is 5.26 Å². The quantitative estimate of drug-likeness (QED) is 0.561. The molecule has 0 spiro atoms. The van der Waals surface area contributed by atoms with E-state index in [4.69, 9.17) is 5.73 Å². The summed E-state index contributed by atoms with van der Waals surface area (Å²) < 4.78 is 0. The second kappa shape index (κ2) is 6.90. The summed E-state index contributed by atoms with van der Waals surface area (Å²) in [4.78, 5) is 8.84. The van der Waals surface area contributed by atoms with Gasteiger partial charge in [0.15, 0.2) is 5.16 Å². The van der Waals surface area contributed by atoms with E-state index in [0.717, 1.165) is 5.75 Å². The first kappa shape index (κ1) is 16.3. The molecule has 2 N–H and O–H groups in total. The Morgan fingerprint density at radius 3 is 2.62 bits per heavy atom. The van der Waals surface area contributed by atoms with Crippen LogP contribution in [0.3, 0.4) is 0 Å². The van der Waals surface area contributed by atoms with E-state index in [1.54, 1.807) is 11.8 Å². The summed E-state index contributed by atoms with van der Waals surface area (Å²) in [6, 6.07) is 16.7. The van der Waals surface area contributed by atoms with E-state index in [2.05, 4.69) is 46.4 Å². The first-order valence-electron chi connectivity index (χ1n) is 7.77. The van der Waals surface area contributed by atoms with E-state index in [1.165, 1.54) is 16.3 Å². The van der Waals surface area contributed by atoms with Crippen LogP contribution in [-0.4, -0.2) is 9.97 Å². The number of anilines is 1. The molecule has 0 aliphatic heterocycles. The number of nitrogens with zero attached hydrogens (tertiary/aromatic N) is 3. The summed E-state index contributed by atoms with van der Waals surface area (Å²) >= 11 is 1.54. The highest BCUT2D eigenvalue weighted by atomic mass is 32.2. The predicted molar refractivity (Wildman–Crippen MR) is 98.8 cm³/mol. The summed E-state index contributed by atoms with van der Waals surface area (Å²) in [7, 11) is 0. The lowest BCUT2D eigenvalue weighted by Crippen LogP contribution is -2.06. The van der Waals surface area contributed by atoms with Gasteiger partial charge in [-0.25, -0.2) is 9.97 Å². The molecule has 1 heterocycles. The molecule has 1 aromatic heterocycles. The van der Waals surface area contributed by atoms with Crippen LogP contribution in [0.1, 0.15) is 36.6 Å². The Hall–Kier alpha value is -2.58. The minimum atomic E-state index is 0.127. The van der Waals surface area contributed by atoms with Crippen molar-refractivity contribution in [2.45, 2.75) is 30.7 Å². The van der Waals surface area contributed by atoms with Crippen LogP contribution in [-0.2, 0) is 5.75 Å². The zero-order chi connectivity index (χ0) is 17.1. The molecule has 0 radical (unpaired) electrons. The maximum absolute atomic E-state index is 9.25. The molecule has 0 saturated carbocycles. The van der Waals surface area contributed by atoms with Crippen LogP contribution in [0.4, 0.5) is 5.82 Å². The number of aromatic nitrogens is 2. The van der Waals surface area contributed by atoms with Crippen molar-refractivity contribution in [1.82, 2.24) is 9.97 Å². The number of benzene rings is 2. The van der Waals surface area contributed by atoms with Gasteiger partial charge in [-0.05, 0) is 22.3 Å². The standard InChI is InChI=1S/C19H18N4S/c1-12(2)17-16(10-20)18(21)23-19(22-17)24-11-14-8-5-7-13-6-3-4-9-15(13)14/h3-9,12H,11H2,1-2H3,(H2,21,22,23). The fraction of sp³-hybridized carbons (Fsp3) is 0.211. The van der Waals surface area contributed by atoms with Crippen molar-refractivity contribution in [3.05, 3.63) is 59.3 Å².